The molecule has 2 heteroatoms. The van der Waals surface area contributed by atoms with Crippen molar-refractivity contribution in [3.8, 4) is 0 Å². The van der Waals surface area contributed by atoms with Crippen LogP contribution in [0.25, 0.3) is 0 Å². The average molecular weight is 129 g/mol. The van der Waals surface area contributed by atoms with E-state index in [0.717, 1.165) is 32.5 Å². The molecule has 0 aromatic rings. The molecule has 54 valence electrons. The monoisotopic (exact) mass is 129 g/mol. The smallest absolute Gasteiger partial charge is 0.0646 e. The van der Waals surface area contributed by atoms with E-state index in [1.54, 1.807) is 0 Å². The number of hydrogen-bond acceptors (Lipinski definition) is 2. The molecule has 0 unspecified atom stereocenters. The molecule has 2 N–H and O–H groups in total. The number of ether oxygens (including phenoxy) is 1. The normalized spacial score (nSPS) is 22.0. The lowest BCUT2D eigenvalue weighted by molar-refractivity contribution is 0.116. The Kier molecular flexibility index (Phi) is 2.09. The van der Waals surface area contributed by atoms with Crippen molar-refractivity contribution in [2.24, 2.45) is 5.73 Å². The molecule has 1 rings (SSSR count). The van der Waals surface area contributed by atoms with Crippen LogP contribution in [0.15, 0.2) is 0 Å². The standard InChI is InChI=1S/C7H15NO/c1-2-5-9-6-7(8)3-4-7/h2-6,8H2,1H3. The molecule has 0 bridgehead atoms. The summed E-state index contributed by atoms with van der Waals surface area (Å²) in [5.74, 6) is 0. The first-order valence-electron chi connectivity index (χ1n) is 3.63. The van der Waals surface area contributed by atoms with Gasteiger partial charge in [0.05, 0.1) is 6.61 Å². The van der Waals surface area contributed by atoms with Crippen LogP contribution in [0.2, 0.25) is 0 Å². The Hall–Kier alpha value is -0.0800. The van der Waals surface area contributed by atoms with E-state index in [0.29, 0.717) is 0 Å². The quantitative estimate of drug-likeness (QED) is 0.572. The number of rotatable bonds is 4. The third-order valence-corrected chi connectivity index (χ3v) is 1.63. The van der Waals surface area contributed by atoms with Crippen LogP contribution in [0, 0.1) is 0 Å². The molecule has 1 aliphatic carbocycles. The Morgan fingerprint density at radius 3 is 2.67 bits per heavy atom. The van der Waals surface area contributed by atoms with Crippen molar-refractivity contribution in [1.29, 1.82) is 0 Å². The molecular formula is C7H15NO. The summed E-state index contributed by atoms with van der Waals surface area (Å²) in [5.41, 5.74) is 5.84. The molecule has 0 atom stereocenters. The Balaban J connectivity index is 1.92. The van der Waals surface area contributed by atoms with Crippen LogP contribution in [-0.4, -0.2) is 18.8 Å². The van der Waals surface area contributed by atoms with E-state index in [4.69, 9.17) is 10.5 Å². The van der Waals surface area contributed by atoms with E-state index in [-0.39, 0.29) is 5.54 Å². The molecule has 0 amide bonds. The predicted octanol–water partition coefficient (Wildman–Crippen LogP) is 0.904. The lowest BCUT2D eigenvalue weighted by Crippen LogP contribution is -2.28. The fourth-order valence-electron chi connectivity index (χ4n) is 0.725. The van der Waals surface area contributed by atoms with Crippen molar-refractivity contribution in [2.75, 3.05) is 13.2 Å². The average Bonchev–Trinajstić information content (AvgIpc) is 2.50. The third-order valence-electron chi connectivity index (χ3n) is 1.63. The molecular weight excluding hydrogens is 114 g/mol. The zero-order valence-corrected chi connectivity index (χ0v) is 6.02. The first-order valence-corrected chi connectivity index (χ1v) is 3.63. The van der Waals surface area contributed by atoms with E-state index in [1.165, 1.54) is 0 Å². The minimum Gasteiger partial charge on any atom is -0.380 e. The van der Waals surface area contributed by atoms with E-state index in [9.17, 15) is 0 Å². The molecule has 0 spiro atoms. The van der Waals surface area contributed by atoms with Gasteiger partial charge in [-0.1, -0.05) is 6.92 Å². The van der Waals surface area contributed by atoms with Gasteiger partial charge in [0, 0.05) is 12.1 Å². The topological polar surface area (TPSA) is 35.2 Å². The van der Waals surface area contributed by atoms with E-state index in [2.05, 4.69) is 6.92 Å². The summed E-state index contributed by atoms with van der Waals surface area (Å²) < 4.78 is 5.28. The molecule has 0 radical (unpaired) electrons. The minimum atomic E-state index is 0.0785. The van der Waals surface area contributed by atoms with Crippen LogP contribution in [0.5, 0.6) is 0 Å². The van der Waals surface area contributed by atoms with Crippen LogP contribution in [0.4, 0.5) is 0 Å². The molecule has 1 saturated carbocycles. The van der Waals surface area contributed by atoms with Crippen molar-refractivity contribution in [3.63, 3.8) is 0 Å². The van der Waals surface area contributed by atoms with Gasteiger partial charge in [0.25, 0.3) is 0 Å². The maximum atomic E-state index is 5.76. The zero-order valence-electron chi connectivity index (χ0n) is 6.02. The second kappa shape index (κ2) is 2.67. The molecule has 0 saturated heterocycles. The lowest BCUT2D eigenvalue weighted by atomic mass is 10.3. The van der Waals surface area contributed by atoms with E-state index in [1.807, 2.05) is 0 Å². The highest BCUT2D eigenvalue weighted by atomic mass is 16.5. The molecule has 0 aliphatic heterocycles. The number of nitrogens with two attached hydrogens (primary N) is 1. The third kappa shape index (κ3) is 2.33. The van der Waals surface area contributed by atoms with E-state index < -0.39 is 0 Å². The molecule has 9 heavy (non-hydrogen) atoms. The highest BCUT2D eigenvalue weighted by Gasteiger charge is 2.38. The van der Waals surface area contributed by atoms with Crippen LogP contribution in [-0.2, 0) is 4.74 Å². The Bertz CT molecular complexity index is 88.9. The molecule has 0 heterocycles. The molecule has 0 aromatic carbocycles. The molecule has 2 nitrogen and oxygen atoms in total. The van der Waals surface area contributed by atoms with Gasteiger partial charge in [0.2, 0.25) is 0 Å². The maximum absolute atomic E-state index is 5.76. The van der Waals surface area contributed by atoms with Gasteiger partial charge >= 0.3 is 0 Å². The summed E-state index contributed by atoms with van der Waals surface area (Å²) in [6, 6.07) is 0. The SMILES string of the molecule is CCCOCC1(N)CC1. The fourth-order valence-corrected chi connectivity index (χ4v) is 0.725. The van der Waals surface area contributed by atoms with Gasteiger partial charge < -0.3 is 10.5 Å². The highest BCUT2D eigenvalue weighted by molar-refractivity contribution is 4.98. The van der Waals surface area contributed by atoms with Gasteiger partial charge in [-0.2, -0.15) is 0 Å². The summed E-state index contributed by atoms with van der Waals surface area (Å²) in [4.78, 5) is 0. The summed E-state index contributed by atoms with van der Waals surface area (Å²) >= 11 is 0. The van der Waals surface area contributed by atoms with Crippen molar-refractivity contribution in [3.05, 3.63) is 0 Å². The Labute approximate surface area is 56.4 Å². The van der Waals surface area contributed by atoms with Crippen molar-refractivity contribution >= 4 is 0 Å². The molecule has 1 aliphatic rings. The minimum absolute atomic E-state index is 0.0785. The van der Waals surface area contributed by atoms with Gasteiger partial charge in [-0.25, -0.2) is 0 Å². The van der Waals surface area contributed by atoms with Gasteiger partial charge in [-0.05, 0) is 19.3 Å². The van der Waals surface area contributed by atoms with Gasteiger partial charge in [0.15, 0.2) is 0 Å². The highest BCUT2D eigenvalue weighted by Crippen LogP contribution is 2.31. The first-order chi connectivity index (χ1) is 4.27. The lowest BCUT2D eigenvalue weighted by Gasteiger charge is -2.07. The predicted molar refractivity (Wildman–Crippen MR) is 37.3 cm³/mol. The van der Waals surface area contributed by atoms with Gasteiger partial charge in [-0.15, -0.1) is 0 Å². The van der Waals surface area contributed by atoms with Gasteiger partial charge in [0.1, 0.15) is 0 Å². The van der Waals surface area contributed by atoms with Crippen molar-refractivity contribution < 1.29 is 4.74 Å². The molecule has 1 fully saturated rings. The largest absolute Gasteiger partial charge is 0.380 e. The number of hydrogen-bond donors (Lipinski definition) is 1. The first kappa shape index (κ1) is 7.03. The van der Waals surface area contributed by atoms with Crippen LogP contribution < -0.4 is 5.73 Å². The summed E-state index contributed by atoms with van der Waals surface area (Å²) in [6.07, 6.45) is 3.39. The van der Waals surface area contributed by atoms with Crippen LogP contribution in [0.1, 0.15) is 26.2 Å². The van der Waals surface area contributed by atoms with Crippen LogP contribution in [0.3, 0.4) is 0 Å². The Morgan fingerprint density at radius 2 is 2.22 bits per heavy atom. The van der Waals surface area contributed by atoms with E-state index >= 15 is 0 Å². The molecule has 0 aromatic heterocycles. The van der Waals surface area contributed by atoms with Crippen molar-refractivity contribution in [2.45, 2.75) is 31.7 Å². The van der Waals surface area contributed by atoms with Crippen molar-refractivity contribution in [1.82, 2.24) is 0 Å². The summed E-state index contributed by atoms with van der Waals surface area (Å²) in [7, 11) is 0. The Morgan fingerprint density at radius 1 is 1.56 bits per heavy atom. The summed E-state index contributed by atoms with van der Waals surface area (Å²) in [5, 5.41) is 0. The van der Waals surface area contributed by atoms with Gasteiger partial charge in [-0.3, -0.25) is 0 Å². The fraction of sp³-hybridized carbons (Fsp3) is 1.00. The summed E-state index contributed by atoms with van der Waals surface area (Å²) in [6.45, 7) is 3.73. The maximum Gasteiger partial charge on any atom is 0.0646 e. The second-order valence-corrected chi connectivity index (χ2v) is 2.91. The zero-order chi connectivity index (χ0) is 6.74. The van der Waals surface area contributed by atoms with Crippen LogP contribution >= 0.6 is 0 Å². The second-order valence-electron chi connectivity index (χ2n) is 2.91.